The molecule has 0 aromatic heterocycles. The minimum Gasteiger partial charge on any atom is -0.460 e. The molecule has 12 heavy (non-hydrogen) atoms. The molecule has 0 amide bonds. The zero-order valence-corrected chi connectivity index (χ0v) is 8.06. The molecule has 0 unspecified atom stereocenters. The number of alkyl halides is 1. The molecule has 1 aliphatic heterocycles. The van der Waals surface area contributed by atoms with Crippen LogP contribution in [0.4, 0.5) is 0 Å². The van der Waals surface area contributed by atoms with E-state index in [-0.39, 0.29) is 11.5 Å². The molecule has 0 aromatic rings. The molecule has 1 aliphatic rings. The number of hydrogen-bond acceptors (Lipinski definition) is 4. The molecule has 0 spiro atoms. The standard InChI is InChI=1S/C6H9ClO4S/c1-4(8)11-6-3-12(9,10)2-5(6)7/h5-6H,2-3H2,1H3/t5-,6-/m0/s1. The number of carbonyl (C=O) groups excluding carboxylic acids is 1. The molecule has 0 saturated carbocycles. The maximum Gasteiger partial charge on any atom is 0.302 e. The van der Waals surface area contributed by atoms with Gasteiger partial charge < -0.3 is 4.74 Å². The summed E-state index contributed by atoms with van der Waals surface area (Å²) in [5.41, 5.74) is 0. The molecule has 0 N–H and O–H groups in total. The Balaban J connectivity index is 2.64. The van der Waals surface area contributed by atoms with Gasteiger partial charge in [0.1, 0.15) is 6.10 Å². The number of esters is 1. The van der Waals surface area contributed by atoms with Gasteiger partial charge in [0.05, 0.1) is 16.9 Å². The van der Waals surface area contributed by atoms with Gasteiger partial charge in [0.15, 0.2) is 9.84 Å². The zero-order chi connectivity index (χ0) is 9.35. The predicted octanol–water partition coefficient (Wildman–Crippen LogP) is -0.0461. The summed E-state index contributed by atoms with van der Waals surface area (Å²) in [6, 6.07) is 0. The highest BCUT2D eigenvalue weighted by atomic mass is 35.5. The molecule has 0 bridgehead atoms. The van der Waals surface area contributed by atoms with E-state index >= 15 is 0 Å². The van der Waals surface area contributed by atoms with Crippen molar-refractivity contribution in [3.63, 3.8) is 0 Å². The quantitative estimate of drug-likeness (QED) is 0.452. The number of ether oxygens (including phenoxy) is 1. The van der Waals surface area contributed by atoms with E-state index in [4.69, 9.17) is 16.3 Å². The second-order valence-electron chi connectivity index (χ2n) is 2.74. The van der Waals surface area contributed by atoms with Crippen molar-refractivity contribution >= 4 is 27.4 Å². The maximum absolute atomic E-state index is 11.0. The van der Waals surface area contributed by atoms with Gasteiger partial charge in [0, 0.05) is 6.92 Å². The van der Waals surface area contributed by atoms with Crippen LogP contribution in [0, 0.1) is 0 Å². The van der Waals surface area contributed by atoms with Crippen molar-refractivity contribution < 1.29 is 17.9 Å². The van der Waals surface area contributed by atoms with Crippen LogP contribution in [-0.4, -0.2) is 37.4 Å². The fourth-order valence-electron chi connectivity index (χ4n) is 1.09. The van der Waals surface area contributed by atoms with Gasteiger partial charge in [0.2, 0.25) is 0 Å². The van der Waals surface area contributed by atoms with E-state index in [1.54, 1.807) is 0 Å². The van der Waals surface area contributed by atoms with Crippen molar-refractivity contribution in [1.82, 2.24) is 0 Å². The van der Waals surface area contributed by atoms with E-state index in [9.17, 15) is 13.2 Å². The topological polar surface area (TPSA) is 60.4 Å². The summed E-state index contributed by atoms with van der Waals surface area (Å²) in [4.78, 5) is 10.5. The third kappa shape index (κ3) is 2.35. The first-order valence-electron chi connectivity index (χ1n) is 3.42. The molecular formula is C6H9ClO4S. The highest BCUT2D eigenvalue weighted by Gasteiger charge is 2.38. The smallest absolute Gasteiger partial charge is 0.302 e. The first-order chi connectivity index (χ1) is 5.41. The van der Waals surface area contributed by atoms with Gasteiger partial charge >= 0.3 is 5.97 Å². The lowest BCUT2D eigenvalue weighted by molar-refractivity contribution is -0.144. The van der Waals surface area contributed by atoms with Crippen LogP contribution in [-0.2, 0) is 19.4 Å². The van der Waals surface area contributed by atoms with E-state index in [1.807, 2.05) is 0 Å². The van der Waals surface area contributed by atoms with Crippen molar-refractivity contribution in [3.05, 3.63) is 0 Å². The molecule has 1 rings (SSSR count). The minimum absolute atomic E-state index is 0.105. The highest BCUT2D eigenvalue weighted by molar-refractivity contribution is 7.91. The molecular weight excluding hydrogens is 204 g/mol. The van der Waals surface area contributed by atoms with Gasteiger partial charge in [-0.05, 0) is 0 Å². The summed E-state index contributed by atoms with van der Waals surface area (Å²) in [6.07, 6.45) is -0.672. The van der Waals surface area contributed by atoms with Crippen molar-refractivity contribution in [2.75, 3.05) is 11.5 Å². The van der Waals surface area contributed by atoms with Gasteiger partial charge in [-0.3, -0.25) is 4.79 Å². The molecule has 2 atom stereocenters. The summed E-state index contributed by atoms with van der Waals surface area (Å²) in [5.74, 6) is -0.754. The third-order valence-electron chi connectivity index (χ3n) is 1.55. The molecule has 4 nitrogen and oxygen atoms in total. The highest BCUT2D eigenvalue weighted by Crippen LogP contribution is 2.20. The number of halogens is 1. The lowest BCUT2D eigenvalue weighted by atomic mass is 10.3. The van der Waals surface area contributed by atoms with Crippen LogP contribution in [0.3, 0.4) is 0 Å². The molecule has 70 valence electrons. The van der Waals surface area contributed by atoms with Crippen LogP contribution in [0.2, 0.25) is 0 Å². The summed E-state index contributed by atoms with van der Waals surface area (Å²) < 4.78 is 26.6. The maximum atomic E-state index is 11.0. The average Bonchev–Trinajstić information content (AvgIpc) is 2.03. The fourth-order valence-corrected chi connectivity index (χ4v) is 3.55. The lowest BCUT2D eigenvalue weighted by Gasteiger charge is -2.10. The van der Waals surface area contributed by atoms with E-state index in [2.05, 4.69) is 0 Å². The molecule has 0 aliphatic carbocycles. The monoisotopic (exact) mass is 212 g/mol. The number of sulfone groups is 1. The Bertz CT molecular complexity index is 284. The molecule has 0 radical (unpaired) electrons. The van der Waals surface area contributed by atoms with Gasteiger partial charge in [-0.1, -0.05) is 0 Å². The third-order valence-corrected chi connectivity index (χ3v) is 3.87. The van der Waals surface area contributed by atoms with Crippen molar-refractivity contribution in [3.8, 4) is 0 Å². The molecule has 1 heterocycles. The Morgan fingerprint density at radius 1 is 1.50 bits per heavy atom. The van der Waals surface area contributed by atoms with Crippen molar-refractivity contribution in [1.29, 1.82) is 0 Å². The van der Waals surface area contributed by atoms with Crippen LogP contribution < -0.4 is 0 Å². The van der Waals surface area contributed by atoms with Crippen molar-refractivity contribution in [2.24, 2.45) is 0 Å². The Labute approximate surface area is 75.8 Å². The first-order valence-corrected chi connectivity index (χ1v) is 5.68. The van der Waals surface area contributed by atoms with Crippen LogP contribution in [0.1, 0.15) is 6.92 Å². The molecule has 0 aromatic carbocycles. The fraction of sp³-hybridized carbons (Fsp3) is 0.833. The summed E-state index contributed by atoms with van der Waals surface area (Å²) in [6.45, 7) is 1.23. The van der Waals surface area contributed by atoms with Gasteiger partial charge in [-0.2, -0.15) is 0 Å². The Morgan fingerprint density at radius 3 is 2.42 bits per heavy atom. The second-order valence-corrected chi connectivity index (χ2v) is 5.46. The average molecular weight is 213 g/mol. The Kier molecular flexibility index (Phi) is 2.63. The van der Waals surface area contributed by atoms with E-state index in [0.717, 1.165) is 0 Å². The number of carbonyl (C=O) groups is 1. The van der Waals surface area contributed by atoms with Crippen LogP contribution in [0.25, 0.3) is 0 Å². The molecule has 6 heteroatoms. The van der Waals surface area contributed by atoms with Crippen LogP contribution in [0.5, 0.6) is 0 Å². The van der Waals surface area contributed by atoms with Gasteiger partial charge in [0.25, 0.3) is 0 Å². The predicted molar refractivity (Wildman–Crippen MR) is 43.8 cm³/mol. The van der Waals surface area contributed by atoms with Crippen molar-refractivity contribution in [2.45, 2.75) is 18.4 Å². The van der Waals surface area contributed by atoms with Crippen LogP contribution in [0.15, 0.2) is 0 Å². The normalized spacial score (nSPS) is 33.2. The Hall–Kier alpha value is -0.290. The number of rotatable bonds is 1. The van der Waals surface area contributed by atoms with E-state index in [1.165, 1.54) is 6.92 Å². The van der Waals surface area contributed by atoms with Crippen LogP contribution >= 0.6 is 11.6 Å². The minimum atomic E-state index is -3.10. The molecule has 1 saturated heterocycles. The summed E-state index contributed by atoms with van der Waals surface area (Å²) >= 11 is 5.65. The lowest BCUT2D eigenvalue weighted by Crippen LogP contribution is -2.24. The van der Waals surface area contributed by atoms with Gasteiger partial charge in [-0.15, -0.1) is 11.6 Å². The Morgan fingerprint density at radius 2 is 2.08 bits per heavy atom. The largest absolute Gasteiger partial charge is 0.460 e. The van der Waals surface area contributed by atoms with Gasteiger partial charge in [-0.25, -0.2) is 8.42 Å². The summed E-state index contributed by atoms with van der Waals surface area (Å²) in [5, 5.41) is -0.598. The second kappa shape index (κ2) is 3.22. The first kappa shape index (κ1) is 9.80. The summed E-state index contributed by atoms with van der Waals surface area (Å²) in [7, 11) is -3.10. The number of hydrogen-bond donors (Lipinski definition) is 0. The molecule has 1 fully saturated rings. The van der Waals surface area contributed by atoms with E-state index < -0.39 is 27.3 Å². The zero-order valence-electron chi connectivity index (χ0n) is 6.49. The van der Waals surface area contributed by atoms with E-state index in [0.29, 0.717) is 0 Å². The SMILES string of the molecule is CC(=O)O[C@H]1CS(=O)(=O)C[C@@H]1Cl.